The first-order valence-corrected chi connectivity index (χ1v) is 5.83. The van der Waals surface area contributed by atoms with E-state index in [2.05, 4.69) is 14.9 Å². The number of hydrogen-bond acceptors (Lipinski definition) is 3. The number of aromatic amines is 1. The van der Waals surface area contributed by atoms with Crippen LogP contribution in [0.15, 0.2) is 41.6 Å². The van der Waals surface area contributed by atoms with Crippen LogP contribution in [0.5, 0.6) is 0 Å². The molecule has 0 unspecified atom stereocenters. The third-order valence-electron chi connectivity index (χ3n) is 1.88. The van der Waals surface area contributed by atoms with Crippen LogP contribution in [-0.4, -0.2) is 18.6 Å². The van der Waals surface area contributed by atoms with Crippen LogP contribution in [0.1, 0.15) is 0 Å². The van der Waals surface area contributed by atoms with Gasteiger partial charge in [0.15, 0.2) is 0 Å². The molecule has 1 heterocycles. The zero-order valence-electron chi connectivity index (χ0n) is 8.01. The number of benzene rings is 1. The van der Waals surface area contributed by atoms with Crippen LogP contribution in [0.2, 0.25) is 0 Å². The van der Waals surface area contributed by atoms with Gasteiger partial charge in [0, 0.05) is 11.9 Å². The van der Waals surface area contributed by atoms with Crippen LogP contribution < -0.4 is 4.72 Å². The molecule has 7 heteroatoms. The number of aromatic nitrogens is 2. The summed E-state index contributed by atoms with van der Waals surface area (Å²) in [5.41, 5.74) is 0.294. The number of anilines is 1. The van der Waals surface area contributed by atoms with Gasteiger partial charge in [-0.1, -0.05) is 0 Å². The van der Waals surface area contributed by atoms with E-state index in [1.54, 1.807) is 0 Å². The van der Waals surface area contributed by atoms with E-state index < -0.39 is 15.8 Å². The molecule has 0 aliphatic rings. The van der Waals surface area contributed by atoms with Crippen molar-refractivity contribution in [1.29, 1.82) is 0 Å². The van der Waals surface area contributed by atoms with Crippen LogP contribution in [0.25, 0.3) is 0 Å². The van der Waals surface area contributed by atoms with Gasteiger partial charge in [-0.15, -0.1) is 0 Å². The zero-order valence-corrected chi connectivity index (χ0v) is 8.83. The highest BCUT2D eigenvalue weighted by molar-refractivity contribution is 7.92. The van der Waals surface area contributed by atoms with Gasteiger partial charge in [0.2, 0.25) is 0 Å². The average Bonchev–Trinajstić information content (AvgIpc) is 2.75. The number of sulfonamides is 1. The molecule has 0 aliphatic heterocycles. The molecule has 0 bridgehead atoms. The van der Waals surface area contributed by atoms with Gasteiger partial charge < -0.3 is 0 Å². The molecule has 0 radical (unpaired) electrons. The van der Waals surface area contributed by atoms with E-state index in [0.717, 1.165) is 0 Å². The predicted octanol–water partition coefficient (Wildman–Crippen LogP) is 1.35. The van der Waals surface area contributed by atoms with Crippen molar-refractivity contribution < 1.29 is 12.8 Å². The molecule has 1 aromatic carbocycles. The summed E-state index contributed by atoms with van der Waals surface area (Å²) in [6.07, 6.45) is 2.44. The number of rotatable bonds is 3. The molecule has 1 aromatic heterocycles. The van der Waals surface area contributed by atoms with Crippen molar-refractivity contribution in [2.45, 2.75) is 4.90 Å². The van der Waals surface area contributed by atoms with E-state index in [1.807, 2.05) is 0 Å². The minimum atomic E-state index is -3.65. The lowest BCUT2D eigenvalue weighted by molar-refractivity contribution is 0.601. The Morgan fingerprint density at radius 3 is 2.50 bits per heavy atom. The van der Waals surface area contributed by atoms with Gasteiger partial charge in [-0.25, -0.2) is 12.8 Å². The zero-order chi connectivity index (χ0) is 11.6. The predicted molar refractivity (Wildman–Crippen MR) is 55.8 cm³/mol. The smallest absolute Gasteiger partial charge is 0.265 e. The second-order valence-corrected chi connectivity index (χ2v) is 4.73. The normalized spacial score (nSPS) is 11.3. The first-order valence-electron chi connectivity index (χ1n) is 4.35. The topological polar surface area (TPSA) is 74.8 Å². The molecule has 0 saturated carbocycles. The molecule has 0 spiro atoms. The van der Waals surface area contributed by atoms with Crippen molar-refractivity contribution in [2.75, 3.05) is 4.72 Å². The summed E-state index contributed by atoms with van der Waals surface area (Å²) in [7, 11) is -3.65. The van der Waals surface area contributed by atoms with Crippen molar-refractivity contribution in [3.8, 4) is 0 Å². The van der Waals surface area contributed by atoms with E-state index in [0.29, 0.717) is 5.69 Å². The highest BCUT2D eigenvalue weighted by Gasteiger charge is 2.14. The van der Waals surface area contributed by atoms with Gasteiger partial charge in [-0.05, 0) is 24.3 Å². The van der Waals surface area contributed by atoms with Gasteiger partial charge in [-0.2, -0.15) is 5.10 Å². The average molecular weight is 241 g/mol. The van der Waals surface area contributed by atoms with Crippen LogP contribution in [0.4, 0.5) is 10.1 Å². The lowest BCUT2D eigenvalue weighted by Gasteiger charge is -2.05. The second kappa shape index (κ2) is 3.93. The summed E-state index contributed by atoms with van der Waals surface area (Å²) < 4.78 is 38.3. The molecule has 2 aromatic rings. The fraction of sp³-hybridized carbons (Fsp3) is 0. The molecular weight excluding hydrogens is 233 g/mol. The first kappa shape index (κ1) is 10.6. The fourth-order valence-electron chi connectivity index (χ4n) is 1.12. The summed E-state index contributed by atoms with van der Waals surface area (Å²) in [5.74, 6) is -0.425. The molecule has 0 atom stereocenters. The van der Waals surface area contributed by atoms with Crippen LogP contribution in [0.3, 0.4) is 0 Å². The number of nitrogens with zero attached hydrogens (tertiary/aromatic N) is 1. The maximum absolute atomic E-state index is 12.6. The molecule has 5 nitrogen and oxygen atoms in total. The maximum Gasteiger partial charge on any atom is 0.265 e. The van der Waals surface area contributed by atoms with Crippen LogP contribution >= 0.6 is 0 Å². The summed E-state index contributed by atoms with van der Waals surface area (Å²) in [6, 6.07) is 5.03. The number of halogens is 1. The van der Waals surface area contributed by atoms with Crippen molar-refractivity contribution in [1.82, 2.24) is 10.2 Å². The van der Waals surface area contributed by atoms with E-state index in [-0.39, 0.29) is 4.90 Å². The summed E-state index contributed by atoms with van der Waals surface area (Å²) >= 11 is 0. The molecule has 2 N–H and O–H groups in total. The Hall–Kier alpha value is -1.89. The van der Waals surface area contributed by atoms with Gasteiger partial charge in [0.1, 0.15) is 10.7 Å². The molecular formula is C9H8FN3O2S. The van der Waals surface area contributed by atoms with Crippen molar-refractivity contribution >= 4 is 15.7 Å². The molecule has 2 rings (SSSR count). The van der Waals surface area contributed by atoms with E-state index in [4.69, 9.17) is 0 Å². The minimum absolute atomic E-state index is 0.0248. The lowest BCUT2D eigenvalue weighted by atomic mass is 10.3. The Morgan fingerprint density at radius 2 is 1.94 bits per heavy atom. The first-order chi connectivity index (χ1) is 7.58. The van der Waals surface area contributed by atoms with Gasteiger partial charge in [-0.3, -0.25) is 9.82 Å². The molecule has 84 valence electrons. The Labute approximate surface area is 91.4 Å². The SMILES string of the molecule is O=S(=O)(Nc1ccc(F)cc1)c1cn[nH]c1. The van der Waals surface area contributed by atoms with Crippen molar-refractivity contribution in [3.05, 3.63) is 42.5 Å². The van der Waals surface area contributed by atoms with E-state index in [9.17, 15) is 12.8 Å². The Morgan fingerprint density at radius 1 is 1.25 bits per heavy atom. The third kappa shape index (κ3) is 2.19. The van der Waals surface area contributed by atoms with Crippen LogP contribution in [-0.2, 0) is 10.0 Å². The summed E-state index contributed by atoms with van der Waals surface area (Å²) in [4.78, 5) is 0.0248. The number of nitrogens with one attached hydrogen (secondary N) is 2. The van der Waals surface area contributed by atoms with E-state index in [1.165, 1.54) is 36.7 Å². The largest absolute Gasteiger partial charge is 0.284 e. The fourth-order valence-corrected chi connectivity index (χ4v) is 2.08. The third-order valence-corrected chi connectivity index (χ3v) is 3.23. The second-order valence-electron chi connectivity index (χ2n) is 3.05. The van der Waals surface area contributed by atoms with Gasteiger partial charge in [0.25, 0.3) is 10.0 Å². The standard InChI is InChI=1S/C9H8FN3O2S/c10-7-1-3-8(4-2-7)13-16(14,15)9-5-11-12-6-9/h1-6,13H,(H,11,12). The molecule has 16 heavy (non-hydrogen) atoms. The quantitative estimate of drug-likeness (QED) is 0.851. The minimum Gasteiger partial charge on any atom is -0.284 e. The molecule has 0 saturated heterocycles. The Bertz CT molecular complexity index is 563. The lowest BCUT2D eigenvalue weighted by Crippen LogP contribution is -2.12. The summed E-state index contributed by atoms with van der Waals surface area (Å²) in [6.45, 7) is 0. The highest BCUT2D eigenvalue weighted by Crippen LogP contribution is 2.14. The maximum atomic E-state index is 12.6. The highest BCUT2D eigenvalue weighted by atomic mass is 32.2. The molecule has 0 aliphatic carbocycles. The van der Waals surface area contributed by atoms with Gasteiger partial charge in [0.05, 0.1) is 6.20 Å². The monoisotopic (exact) mass is 241 g/mol. The molecule has 0 amide bonds. The van der Waals surface area contributed by atoms with Gasteiger partial charge >= 0.3 is 0 Å². The van der Waals surface area contributed by atoms with Crippen molar-refractivity contribution in [2.24, 2.45) is 0 Å². The Kier molecular flexibility index (Phi) is 2.61. The number of H-pyrrole nitrogens is 1. The summed E-state index contributed by atoms with van der Waals surface area (Å²) in [5, 5.41) is 5.94. The number of hydrogen-bond donors (Lipinski definition) is 2. The molecule has 0 fully saturated rings. The Balaban J connectivity index is 2.25. The van der Waals surface area contributed by atoms with Crippen LogP contribution in [0, 0.1) is 5.82 Å². The van der Waals surface area contributed by atoms with E-state index >= 15 is 0 Å². The van der Waals surface area contributed by atoms with Crippen molar-refractivity contribution in [3.63, 3.8) is 0 Å².